The van der Waals surface area contributed by atoms with Crippen molar-refractivity contribution in [1.29, 1.82) is 0 Å². The van der Waals surface area contributed by atoms with Crippen molar-refractivity contribution in [2.24, 2.45) is 0 Å². The molecule has 3 aromatic rings. The summed E-state index contributed by atoms with van der Waals surface area (Å²) in [7, 11) is 0. The van der Waals surface area contributed by atoms with Crippen molar-refractivity contribution in [2.75, 3.05) is 11.4 Å². The first-order valence-corrected chi connectivity index (χ1v) is 8.90. The molecule has 0 radical (unpaired) electrons. The molecule has 2 heterocycles. The van der Waals surface area contributed by atoms with Gasteiger partial charge in [-0.25, -0.2) is 4.39 Å². The lowest BCUT2D eigenvalue weighted by Gasteiger charge is -2.17. The standard InChI is InChI=1S/C21H20FN3O2/c1-12-4-6-16(14(3)8-12)20-23-21(27-24-20)15-10-19(26)25(11-15)18-9-13(2)5-7-17(18)22/h4-9,15H,10-11H2,1-3H3. The minimum Gasteiger partial charge on any atom is -0.339 e. The molecule has 1 aliphatic heterocycles. The Hall–Kier alpha value is -3.02. The lowest BCUT2D eigenvalue weighted by molar-refractivity contribution is -0.117. The second-order valence-corrected chi connectivity index (χ2v) is 7.13. The predicted octanol–water partition coefficient (Wildman–Crippen LogP) is 4.32. The summed E-state index contributed by atoms with van der Waals surface area (Å²) in [4.78, 5) is 18.4. The molecule has 1 aromatic heterocycles. The zero-order valence-electron chi connectivity index (χ0n) is 15.5. The van der Waals surface area contributed by atoms with E-state index in [1.54, 1.807) is 12.1 Å². The van der Waals surface area contributed by atoms with Gasteiger partial charge in [0.2, 0.25) is 17.6 Å². The highest BCUT2D eigenvalue weighted by atomic mass is 19.1. The largest absolute Gasteiger partial charge is 0.339 e. The fourth-order valence-corrected chi connectivity index (χ4v) is 3.51. The monoisotopic (exact) mass is 365 g/mol. The number of nitrogens with zero attached hydrogens (tertiary/aromatic N) is 3. The molecule has 5 nitrogen and oxygen atoms in total. The molecule has 27 heavy (non-hydrogen) atoms. The first-order chi connectivity index (χ1) is 12.9. The van der Waals surface area contributed by atoms with Crippen LogP contribution in [-0.4, -0.2) is 22.6 Å². The van der Waals surface area contributed by atoms with Gasteiger partial charge in [0.25, 0.3) is 0 Å². The molecule has 2 aromatic carbocycles. The second-order valence-electron chi connectivity index (χ2n) is 7.13. The molecule has 1 aliphatic rings. The van der Waals surface area contributed by atoms with Crippen molar-refractivity contribution in [1.82, 2.24) is 10.1 Å². The Kier molecular flexibility index (Phi) is 4.26. The molecule has 4 rings (SSSR count). The summed E-state index contributed by atoms with van der Waals surface area (Å²) in [5.74, 6) is 0.125. The molecule has 6 heteroatoms. The molecular weight excluding hydrogens is 345 g/mol. The summed E-state index contributed by atoms with van der Waals surface area (Å²) in [6.07, 6.45) is 0.224. The molecule has 0 aliphatic carbocycles. The van der Waals surface area contributed by atoms with Crippen LogP contribution in [0.1, 0.15) is 34.9 Å². The van der Waals surface area contributed by atoms with E-state index in [0.717, 1.165) is 22.3 Å². The third-order valence-corrected chi connectivity index (χ3v) is 4.93. The Balaban J connectivity index is 1.60. The molecule has 1 saturated heterocycles. The van der Waals surface area contributed by atoms with Gasteiger partial charge < -0.3 is 9.42 Å². The lowest BCUT2D eigenvalue weighted by atomic mass is 10.1. The number of aryl methyl sites for hydroxylation is 3. The van der Waals surface area contributed by atoms with Gasteiger partial charge in [-0.2, -0.15) is 4.98 Å². The van der Waals surface area contributed by atoms with E-state index >= 15 is 0 Å². The predicted molar refractivity (Wildman–Crippen MR) is 100 cm³/mol. The van der Waals surface area contributed by atoms with E-state index < -0.39 is 5.82 Å². The van der Waals surface area contributed by atoms with Gasteiger partial charge in [-0.05, 0) is 44.0 Å². The van der Waals surface area contributed by atoms with Crippen LogP contribution in [0.25, 0.3) is 11.4 Å². The maximum Gasteiger partial charge on any atom is 0.232 e. The summed E-state index contributed by atoms with van der Waals surface area (Å²) in [6, 6.07) is 10.8. The van der Waals surface area contributed by atoms with E-state index in [2.05, 4.69) is 16.2 Å². The highest BCUT2D eigenvalue weighted by Crippen LogP contribution is 2.34. The van der Waals surface area contributed by atoms with Crippen molar-refractivity contribution in [3.8, 4) is 11.4 Å². The summed E-state index contributed by atoms with van der Waals surface area (Å²) in [6.45, 7) is 6.23. The Morgan fingerprint density at radius 1 is 1.11 bits per heavy atom. The van der Waals surface area contributed by atoms with Crippen molar-refractivity contribution in [3.63, 3.8) is 0 Å². The minimum atomic E-state index is -0.406. The number of rotatable bonds is 3. The summed E-state index contributed by atoms with van der Waals surface area (Å²) >= 11 is 0. The van der Waals surface area contributed by atoms with Crippen LogP contribution in [0.4, 0.5) is 10.1 Å². The number of benzene rings is 2. The van der Waals surface area contributed by atoms with Gasteiger partial charge in [0.1, 0.15) is 5.82 Å². The molecular formula is C21H20FN3O2. The van der Waals surface area contributed by atoms with Crippen LogP contribution in [0.15, 0.2) is 40.9 Å². The van der Waals surface area contributed by atoms with Crippen molar-refractivity contribution in [3.05, 3.63) is 64.8 Å². The van der Waals surface area contributed by atoms with Gasteiger partial charge in [0.15, 0.2) is 0 Å². The zero-order chi connectivity index (χ0) is 19.1. The molecule has 1 fully saturated rings. The maximum absolute atomic E-state index is 14.2. The van der Waals surface area contributed by atoms with Gasteiger partial charge >= 0.3 is 0 Å². The summed E-state index contributed by atoms with van der Waals surface area (Å²) < 4.78 is 19.6. The molecule has 1 amide bonds. The number of carbonyl (C=O) groups is 1. The fourth-order valence-electron chi connectivity index (χ4n) is 3.51. The van der Waals surface area contributed by atoms with Crippen molar-refractivity contribution < 1.29 is 13.7 Å². The quantitative estimate of drug-likeness (QED) is 0.693. The van der Waals surface area contributed by atoms with Gasteiger partial charge in [-0.3, -0.25) is 4.79 Å². The zero-order valence-corrected chi connectivity index (χ0v) is 15.5. The molecule has 0 saturated carbocycles. The Morgan fingerprint density at radius 3 is 2.63 bits per heavy atom. The lowest BCUT2D eigenvalue weighted by Crippen LogP contribution is -2.25. The smallest absolute Gasteiger partial charge is 0.232 e. The van der Waals surface area contributed by atoms with Crippen LogP contribution in [0, 0.1) is 26.6 Å². The van der Waals surface area contributed by atoms with Crippen LogP contribution < -0.4 is 4.90 Å². The number of carbonyl (C=O) groups excluding carboxylic acids is 1. The molecule has 1 unspecified atom stereocenters. The number of anilines is 1. The van der Waals surface area contributed by atoms with Crippen LogP contribution in [0.2, 0.25) is 0 Å². The molecule has 0 bridgehead atoms. The number of hydrogen-bond donors (Lipinski definition) is 0. The average Bonchev–Trinajstić information content (AvgIpc) is 3.24. The van der Waals surface area contributed by atoms with Gasteiger partial charge in [-0.15, -0.1) is 0 Å². The van der Waals surface area contributed by atoms with Gasteiger partial charge in [-0.1, -0.05) is 35.0 Å². The van der Waals surface area contributed by atoms with Crippen LogP contribution in [-0.2, 0) is 4.79 Å². The number of hydrogen-bond acceptors (Lipinski definition) is 4. The van der Waals surface area contributed by atoms with E-state index in [-0.39, 0.29) is 18.2 Å². The Labute approximate surface area is 156 Å². The van der Waals surface area contributed by atoms with Crippen molar-refractivity contribution >= 4 is 11.6 Å². The van der Waals surface area contributed by atoms with Gasteiger partial charge in [0.05, 0.1) is 11.6 Å². The average molecular weight is 365 g/mol. The highest BCUT2D eigenvalue weighted by Gasteiger charge is 2.36. The maximum atomic E-state index is 14.2. The topological polar surface area (TPSA) is 59.2 Å². The minimum absolute atomic E-state index is 0.143. The van der Waals surface area contributed by atoms with E-state index in [1.165, 1.54) is 11.0 Å². The van der Waals surface area contributed by atoms with Crippen LogP contribution in [0.5, 0.6) is 0 Å². The van der Waals surface area contributed by atoms with Crippen molar-refractivity contribution in [2.45, 2.75) is 33.1 Å². The highest BCUT2D eigenvalue weighted by molar-refractivity contribution is 5.96. The fraction of sp³-hybridized carbons (Fsp3) is 0.286. The third kappa shape index (κ3) is 3.23. The SMILES string of the molecule is Cc1ccc(-c2noc(C3CC(=O)N(c4cc(C)ccc4F)C3)n2)c(C)c1. The number of amides is 1. The first kappa shape index (κ1) is 17.4. The molecule has 138 valence electrons. The Morgan fingerprint density at radius 2 is 1.85 bits per heavy atom. The van der Waals surface area contributed by atoms with E-state index in [0.29, 0.717) is 23.9 Å². The molecule has 1 atom stereocenters. The third-order valence-electron chi connectivity index (χ3n) is 4.93. The first-order valence-electron chi connectivity index (χ1n) is 8.90. The number of aromatic nitrogens is 2. The second kappa shape index (κ2) is 6.61. The summed E-state index contributed by atoms with van der Waals surface area (Å²) in [5, 5.41) is 4.09. The summed E-state index contributed by atoms with van der Waals surface area (Å²) in [5.41, 5.74) is 4.33. The normalized spacial score (nSPS) is 17.0. The Bertz CT molecular complexity index is 1030. The molecule has 0 N–H and O–H groups in total. The molecule has 0 spiro atoms. The van der Waals surface area contributed by atoms with E-state index in [4.69, 9.17) is 4.52 Å². The number of halogens is 1. The van der Waals surface area contributed by atoms with Crippen LogP contribution in [0.3, 0.4) is 0 Å². The van der Waals surface area contributed by atoms with Crippen LogP contribution >= 0.6 is 0 Å². The van der Waals surface area contributed by atoms with E-state index in [9.17, 15) is 9.18 Å². The van der Waals surface area contributed by atoms with Gasteiger partial charge in [0, 0.05) is 18.5 Å². The van der Waals surface area contributed by atoms with E-state index in [1.807, 2.05) is 32.9 Å².